The Bertz CT molecular complexity index is 659. The van der Waals surface area contributed by atoms with Gasteiger partial charge in [0, 0.05) is 44.3 Å². The zero-order valence-corrected chi connectivity index (χ0v) is 14.0. The number of thiazole rings is 1. The topological polar surface area (TPSA) is 65.1 Å². The number of H-pyrrole nitrogens is 1. The smallest absolute Gasteiger partial charge is 0.271 e. The van der Waals surface area contributed by atoms with Gasteiger partial charge in [-0.25, -0.2) is 9.37 Å². The van der Waals surface area contributed by atoms with Gasteiger partial charge < -0.3 is 4.90 Å². The van der Waals surface area contributed by atoms with Crippen LogP contribution in [0.1, 0.15) is 27.6 Å². The molecule has 0 radical (unpaired) electrons. The number of alkyl halides is 1. The Balaban J connectivity index is 1.63. The second-order valence-corrected chi connectivity index (χ2v) is 6.99. The lowest BCUT2D eigenvalue weighted by molar-refractivity contribution is 0.0743. The van der Waals surface area contributed by atoms with Crippen molar-refractivity contribution in [2.75, 3.05) is 20.1 Å². The van der Waals surface area contributed by atoms with E-state index in [1.165, 1.54) is 0 Å². The molecule has 1 aliphatic heterocycles. The van der Waals surface area contributed by atoms with E-state index in [0.717, 1.165) is 10.7 Å². The lowest BCUT2D eigenvalue weighted by Crippen LogP contribution is -2.41. The average molecular weight is 337 g/mol. The highest BCUT2D eigenvalue weighted by atomic mass is 32.1. The molecule has 6 nitrogen and oxygen atoms in total. The third-order valence-electron chi connectivity index (χ3n) is 4.07. The van der Waals surface area contributed by atoms with Crippen LogP contribution in [-0.2, 0) is 6.54 Å². The van der Waals surface area contributed by atoms with Gasteiger partial charge in [0.1, 0.15) is 11.9 Å². The van der Waals surface area contributed by atoms with Crippen LogP contribution in [-0.4, -0.2) is 63.2 Å². The minimum atomic E-state index is -0.851. The number of likely N-dealkylation sites (N-methyl/N-ethyl adjacent to an activating group) is 1. The summed E-state index contributed by atoms with van der Waals surface area (Å²) in [6, 6.07) is 1.64. The largest absolute Gasteiger partial charge is 0.339 e. The summed E-state index contributed by atoms with van der Waals surface area (Å²) in [6.07, 6.45) is 1.14. The highest BCUT2D eigenvalue weighted by Crippen LogP contribution is 2.24. The van der Waals surface area contributed by atoms with Crippen LogP contribution in [0.3, 0.4) is 0 Å². The molecule has 0 saturated carbocycles. The van der Waals surface area contributed by atoms with E-state index in [4.69, 9.17) is 0 Å². The first-order chi connectivity index (χ1) is 11.0. The maximum atomic E-state index is 13.9. The van der Waals surface area contributed by atoms with E-state index in [2.05, 4.69) is 20.1 Å². The Morgan fingerprint density at radius 1 is 1.61 bits per heavy atom. The van der Waals surface area contributed by atoms with Crippen molar-refractivity contribution < 1.29 is 9.18 Å². The summed E-state index contributed by atoms with van der Waals surface area (Å²) in [6.45, 7) is 3.47. The summed E-state index contributed by atoms with van der Waals surface area (Å²) in [7, 11) is 1.74. The number of hydrogen-bond acceptors (Lipinski definition) is 5. The van der Waals surface area contributed by atoms with Crippen molar-refractivity contribution in [3.63, 3.8) is 0 Å². The second-order valence-electron chi connectivity index (χ2n) is 5.93. The van der Waals surface area contributed by atoms with Crippen LogP contribution < -0.4 is 0 Å². The maximum Gasteiger partial charge on any atom is 0.271 e. The number of aromatic nitrogens is 3. The Morgan fingerprint density at radius 3 is 3.09 bits per heavy atom. The quantitative estimate of drug-likeness (QED) is 0.904. The third-order valence-corrected chi connectivity index (χ3v) is 4.89. The number of hydrogen-bond donors (Lipinski definition) is 1. The number of nitrogens with zero attached hydrogens (tertiary/aromatic N) is 4. The van der Waals surface area contributed by atoms with E-state index in [0.29, 0.717) is 31.7 Å². The average Bonchev–Trinajstić information content (AvgIpc) is 3.22. The SMILES string of the molecule is Cc1nc(CN2C[C@@H](F)C[C@H]2CN(C)C(=O)c2ccn[nH]2)cs1. The van der Waals surface area contributed by atoms with Gasteiger partial charge in [0.2, 0.25) is 0 Å². The highest BCUT2D eigenvalue weighted by molar-refractivity contribution is 7.09. The third kappa shape index (κ3) is 3.76. The number of nitrogens with one attached hydrogen (secondary N) is 1. The van der Waals surface area contributed by atoms with Crippen molar-refractivity contribution in [1.29, 1.82) is 0 Å². The molecule has 1 N–H and O–H groups in total. The Hall–Kier alpha value is -1.80. The van der Waals surface area contributed by atoms with Crippen LogP contribution in [0.15, 0.2) is 17.6 Å². The van der Waals surface area contributed by atoms with Crippen LogP contribution in [0.4, 0.5) is 4.39 Å². The molecule has 0 aliphatic carbocycles. The first-order valence-corrected chi connectivity index (χ1v) is 8.45. The van der Waals surface area contributed by atoms with Crippen LogP contribution in [0.25, 0.3) is 0 Å². The van der Waals surface area contributed by atoms with Gasteiger partial charge in [-0.15, -0.1) is 11.3 Å². The summed E-state index contributed by atoms with van der Waals surface area (Å²) in [5.74, 6) is -0.130. The van der Waals surface area contributed by atoms with E-state index in [9.17, 15) is 9.18 Å². The van der Waals surface area contributed by atoms with E-state index in [-0.39, 0.29) is 11.9 Å². The van der Waals surface area contributed by atoms with E-state index >= 15 is 0 Å². The van der Waals surface area contributed by atoms with Gasteiger partial charge in [-0.3, -0.25) is 14.8 Å². The molecule has 0 bridgehead atoms. The number of carbonyl (C=O) groups is 1. The molecule has 23 heavy (non-hydrogen) atoms. The van der Waals surface area contributed by atoms with Crippen molar-refractivity contribution in [2.45, 2.75) is 32.1 Å². The lowest BCUT2D eigenvalue weighted by atomic mass is 10.2. The van der Waals surface area contributed by atoms with E-state index < -0.39 is 6.17 Å². The Kier molecular flexibility index (Phi) is 4.72. The van der Waals surface area contributed by atoms with Gasteiger partial charge in [-0.05, 0) is 19.4 Å². The lowest BCUT2D eigenvalue weighted by Gasteiger charge is -2.27. The number of halogens is 1. The molecule has 1 amide bonds. The molecule has 0 aromatic carbocycles. The molecule has 124 valence electrons. The number of aryl methyl sites for hydroxylation is 1. The zero-order chi connectivity index (χ0) is 16.4. The van der Waals surface area contributed by atoms with Crippen molar-refractivity contribution in [3.8, 4) is 0 Å². The van der Waals surface area contributed by atoms with E-state index in [1.807, 2.05) is 12.3 Å². The molecular weight excluding hydrogens is 317 g/mol. The minimum absolute atomic E-state index is 0.00359. The molecule has 2 atom stereocenters. The predicted octanol–water partition coefficient (Wildman–Crippen LogP) is 1.86. The molecule has 3 rings (SSSR count). The second kappa shape index (κ2) is 6.76. The fourth-order valence-corrected chi connectivity index (χ4v) is 3.58. The molecule has 0 unspecified atom stereocenters. The summed E-state index contributed by atoms with van der Waals surface area (Å²) in [4.78, 5) is 20.4. The monoisotopic (exact) mass is 337 g/mol. The van der Waals surface area contributed by atoms with Gasteiger partial charge in [0.05, 0.1) is 10.7 Å². The molecule has 1 aliphatic rings. The van der Waals surface area contributed by atoms with Crippen molar-refractivity contribution in [1.82, 2.24) is 25.0 Å². The van der Waals surface area contributed by atoms with Gasteiger partial charge >= 0.3 is 0 Å². The summed E-state index contributed by atoms with van der Waals surface area (Å²) < 4.78 is 13.9. The first-order valence-electron chi connectivity index (χ1n) is 7.57. The van der Waals surface area contributed by atoms with E-state index in [1.54, 1.807) is 35.5 Å². The van der Waals surface area contributed by atoms with Gasteiger partial charge in [0.25, 0.3) is 5.91 Å². The molecule has 2 aromatic heterocycles. The normalized spacial score (nSPS) is 21.7. The fraction of sp³-hybridized carbons (Fsp3) is 0.533. The number of amides is 1. The van der Waals surface area contributed by atoms with Crippen LogP contribution in [0, 0.1) is 6.92 Å². The first kappa shape index (κ1) is 16.1. The van der Waals surface area contributed by atoms with Gasteiger partial charge in [-0.1, -0.05) is 0 Å². The maximum absolute atomic E-state index is 13.9. The van der Waals surface area contributed by atoms with Gasteiger partial charge in [-0.2, -0.15) is 5.10 Å². The molecule has 2 aromatic rings. The standard InChI is InChI=1S/C15H20FN5OS/c1-10-18-12(9-23-10)7-21-6-11(16)5-13(21)8-20(2)15(22)14-3-4-17-19-14/h3-4,9,11,13H,5-8H2,1-2H3,(H,17,19)/t11-,13-/m0/s1. The number of rotatable bonds is 5. The fourth-order valence-electron chi connectivity index (χ4n) is 2.97. The molecular formula is C15H20FN5OS. The zero-order valence-electron chi connectivity index (χ0n) is 13.2. The van der Waals surface area contributed by atoms with Crippen LogP contribution >= 0.6 is 11.3 Å². The molecule has 1 fully saturated rings. The Morgan fingerprint density at radius 2 is 2.43 bits per heavy atom. The summed E-state index contributed by atoms with van der Waals surface area (Å²) >= 11 is 1.60. The number of likely N-dealkylation sites (tertiary alicyclic amines) is 1. The number of aromatic amines is 1. The summed E-state index contributed by atoms with van der Waals surface area (Å²) in [5.41, 5.74) is 1.41. The molecule has 8 heteroatoms. The van der Waals surface area contributed by atoms with Gasteiger partial charge in [0.15, 0.2) is 0 Å². The molecule has 3 heterocycles. The highest BCUT2D eigenvalue weighted by Gasteiger charge is 2.34. The summed E-state index contributed by atoms with van der Waals surface area (Å²) in [5, 5.41) is 9.48. The number of carbonyl (C=O) groups excluding carboxylic acids is 1. The van der Waals surface area contributed by atoms with Crippen molar-refractivity contribution >= 4 is 17.2 Å². The van der Waals surface area contributed by atoms with Crippen molar-refractivity contribution in [2.24, 2.45) is 0 Å². The Labute approximate surface area is 138 Å². The molecule has 0 spiro atoms. The molecule has 1 saturated heterocycles. The van der Waals surface area contributed by atoms with Crippen LogP contribution in [0.2, 0.25) is 0 Å². The predicted molar refractivity (Wildman–Crippen MR) is 86.1 cm³/mol. The van der Waals surface area contributed by atoms with Crippen LogP contribution in [0.5, 0.6) is 0 Å². The van der Waals surface area contributed by atoms with Crippen molar-refractivity contribution in [3.05, 3.63) is 34.0 Å². The minimum Gasteiger partial charge on any atom is -0.339 e.